The summed E-state index contributed by atoms with van der Waals surface area (Å²) in [7, 11) is 1.86. The summed E-state index contributed by atoms with van der Waals surface area (Å²) in [5.74, 6) is 0. The molecule has 0 fully saturated rings. The quantitative estimate of drug-likeness (QED) is 0.477. The molecule has 0 aromatic rings. The van der Waals surface area contributed by atoms with Crippen LogP contribution in [0.3, 0.4) is 0 Å². The Morgan fingerprint density at radius 3 is 2.60 bits per heavy atom. The molecular weight excluding hydrogens is 200 g/mol. The van der Waals surface area contributed by atoms with Crippen molar-refractivity contribution in [2.75, 3.05) is 20.3 Å². The van der Waals surface area contributed by atoms with Crippen molar-refractivity contribution in [2.45, 2.75) is 38.7 Å². The Balaban J connectivity index is 3.57. The number of alkyl halides is 2. The Labute approximate surface area is 90.7 Å². The molecule has 0 radical (unpaired) electrons. The Hall–Kier alpha value is -0.480. The number of ether oxygens (including phenoxy) is 1. The van der Waals surface area contributed by atoms with Crippen molar-refractivity contribution in [3.8, 4) is 0 Å². The summed E-state index contributed by atoms with van der Waals surface area (Å²) in [5, 5.41) is 3.13. The zero-order chi connectivity index (χ0) is 11.7. The zero-order valence-corrected chi connectivity index (χ0v) is 9.56. The Bertz CT molecular complexity index is 174. The predicted octanol–water partition coefficient (Wildman–Crippen LogP) is 2.60. The van der Waals surface area contributed by atoms with Crippen molar-refractivity contribution in [3.05, 3.63) is 12.2 Å². The van der Waals surface area contributed by atoms with Crippen molar-refractivity contribution in [1.29, 1.82) is 0 Å². The highest BCUT2D eigenvalue weighted by Crippen LogP contribution is 2.09. The third-order valence-electron chi connectivity index (χ3n) is 2.30. The summed E-state index contributed by atoms with van der Waals surface area (Å²) in [6.45, 7) is 5.88. The lowest BCUT2D eigenvalue weighted by Gasteiger charge is -2.16. The van der Waals surface area contributed by atoms with E-state index < -0.39 is 13.0 Å². The van der Waals surface area contributed by atoms with Gasteiger partial charge in [-0.1, -0.05) is 19.1 Å². The van der Waals surface area contributed by atoms with Gasteiger partial charge < -0.3 is 10.1 Å². The molecule has 15 heavy (non-hydrogen) atoms. The number of hydrogen-bond acceptors (Lipinski definition) is 2. The van der Waals surface area contributed by atoms with Gasteiger partial charge in [0.1, 0.15) is 6.61 Å². The van der Waals surface area contributed by atoms with E-state index >= 15 is 0 Å². The monoisotopic (exact) mass is 221 g/mol. The summed E-state index contributed by atoms with van der Waals surface area (Å²) in [4.78, 5) is 0. The van der Waals surface area contributed by atoms with Gasteiger partial charge in [-0.3, -0.25) is 0 Å². The van der Waals surface area contributed by atoms with E-state index in [1.165, 1.54) is 5.57 Å². The maximum atomic E-state index is 11.8. The molecule has 0 aliphatic carbocycles. The Kier molecular flexibility index (Phi) is 8.52. The van der Waals surface area contributed by atoms with Crippen LogP contribution in [-0.2, 0) is 4.74 Å². The van der Waals surface area contributed by atoms with E-state index in [2.05, 4.69) is 18.8 Å². The molecule has 0 aromatic heterocycles. The normalized spacial score (nSPS) is 13.1. The minimum atomic E-state index is -2.37. The average Bonchev–Trinajstić information content (AvgIpc) is 2.21. The van der Waals surface area contributed by atoms with Crippen LogP contribution in [0.2, 0.25) is 0 Å². The van der Waals surface area contributed by atoms with E-state index in [0.29, 0.717) is 6.61 Å². The topological polar surface area (TPSA) is 21.3 Å². The van der Waals surface area contributed by atoms with Crippen molar-refractivity contribution in [2.24, 2.45) is 0 Å². The molecule has 1 unspecified atom stereocenters. The first-order valence-electron chi connectivity index (χ1n) is 5.29. The van der Waals surface area contributed by atoms with Crippen LogP contribution < -0.4 is 5.32 Å². The molecular formula is C11H21F2NO. The standard InChI is InChI=1S/C11H21F2NO/c1-4-9(2)7-10(14-3)5-6-15-8-11(12)13/h10-11,14H,2,4-8H2,1,3H3. The first-order valence-corrected chi connectivity index (χ1v) is 5.29. The van der Waals surface area contributed by atoms with Crippen molar-refractivity contribution in [1.82, 2.24) is 5.32 Å². The molecule has 1 N–H and O–H groups in total. The molecule has 0 saturated carbocycles. The van der Waals surface area contributed by atoms with Gasteiger partial charge in [-0.25, -0.2) is 8.78 Å². The highest BCUT2D eigenvalue weighted by atomic mass is 19.3. The fourth-order valence-corrected chi connectivity index (χ4v) is 1.24. The molecule has 0 amide bonds. The maximum Gasteiger partial charge on any atom is 0.261 e. The van der Waals surface area contributed by atoms with E-state index in [1.54, 1.807) is 0 Å². The van der Waals surface area contributed by atoms with Gasteiger partial charge in [0.15, 0.2) is 0 Å². The molecule has 4 heteroatoms. The molecule has 2 nitrogen and oxygen atoms in total. The highest BCUT2D eigenvalue weighted by molar-refractivity contribution is 4.96. The number of halogens is 2. The molecule has 0 saturated heterocycles. The zero-order valence-electron chi connectivity index (χ0n) is 9.56. The summed E-state index contributed by atoms with van der Waals surface area (Å²) < 4.78 is 28.3. The van der Waals surface area contributed by atoms with Crippen LogP contribution in [0, 0.1) is 0 Å². The van der Waals surface area contributed by atoms with Gasteiger partial charge in [0, 0.05) is 12.6 Å². The number of hydrogen-bond donors (Lipinski definition) is 1. The molecule has 0 heterocycles. The van der Waals surface area contributed by atoms with E-state index in [0.717, 1.165) is 19.3 Å². The van der Waals surface area contributed by atoms with Gasteiger partial charge in [-0.2, -0.15) is 0 Å². The second-order valence-corrected chi connectivity index (χ2v) is 3.55. The molecule has 0 aliphatic heterocycles. The molecule has 0 rings (SSSR count). The SMILES string of the molecule is C=C(CC)CC(CCOCC(F)F)NC. The van der Waals surface area contributed by atoms with Crippen LogP contribution in [-0.4, -0.2) is 32.7 Å². The predicted molar refractivity (Wildman–Crippen MR) is 58.3 cm³/mol. The Morgan fingerprint density at radius 1 is 1.47 bits per heavy atom. The summed E-state index contributed by atoms with van der Waals surface area (Å²) in [6, 6.07) is 0.273. The van der Waals surface area contributed by atoms with Crippen LogP contribution in [0.1, 0.15) is 26.2 Å². The fraction of sp³-hybridized carbons (Fsp3) is 0.818. The number of rotatable bonds is 9. The number of nitrogens with one attached hydrogen (secondary N) is 1. The lowest BCUT2D eigenvalue weighted by atomic mass is 10.0. The highest BCUT2D eigenvalue weighted by Gasteiger charge is 2.08. The second-order valence-electron chi connectivity index (χ2n) is 3.55. The van der Waals surface area contributed by atoms with E-state index in [4.69, 9.17) is 4.74 Å². The lowest BCUT2D eigenvalue weighted by molar-refractivity contribution is 0.0146. The van der Waals surface area contributed by atoms with Crippen LogP contribution in [0.15, 0.2) is 12.2 Å². The molecule has 0 bridgehead atoms. The van der Waals surface area contributed by atoms with E-state index in [9.17, 15) is 8.78 Å². The maximum absolute atomic E-state index is 11.8. The average molecular weight is 221 g/mol. The van der Waals surface area contributed by atoms with Crippen molar-refractivity contribution < 1.29 is 13.5 Å². The van der Waals surface area contributed by atoms with Crippen molar-refractivity contribution >= 4 is 0 Å². The van der Waals surface area contributed by atoms with Crippen molar-refractivity contribution in [3.63, 3.8) is 0 Å². The summed E-state index contributed by atoms with van der Waals surface area (Å²) in [5.41, 5.74) is 1.17. The van der Waals surface area contributed by atoms with E-state index in [-0.39, 0.29) is 6.04 Å². The first-order chi connectivity index (χ1) is 7.10. The third-order valence-corrected chi connectivity index (χ3v) is 2.30. The second kappa shape index (κ2) is 8.80. The third kappa shape index (κ3) is 8.51. The minimum absolute atomic E-state index is 0.273. The van der Waals surface area contributed by atoms with Gasteiger partial charge in [-0.15, -0.1) is 0 Å². The summed E-state index contributed by atoms with van der Waals surface area (Å²) >= 11 is 0. The fourth-order valence-electron chi connectivity index (χ4n) is 1.24. The Morgan fingerprint density at radius 2 is 2.13 bits per heavy atom. The molecule has 0 aromatic carbocycles. The lowest BCUT2D eigenvalue weighted by Crippen LogP contribution is -2.27. The van der Waals surface area contributed by atoms with E-state index in [1.807, 2.05) is 7.05 Å². The smallest absolute Gasteiger partial charge is 0.261 e. The first kappa shape index (κ1) is 14.5. The molecule has 0 aliphatic rings. The van der Waals surface area contributed by atoms with Gasteiger partial charge in [-0.05, 0) is 26.3 Å². The minimum Gasteiger partial charge on any atom is -0.375 e. The summed E-state index contributed by atoms with van der Waals surface area (Å²) in [6.07, 6.45) is 0.201. The molecule has 90 valence electrons. The van der Waals surface area contributed by atoms with Crippen LogP contribution in [0.5, 0.6) is 0 Å². The van der Waals surface area contributed by atoms with Crippen LogP contribution in [0.4, 0.5) is 8.78 Å². The largest absolute Gasteiger partial charge is 0.375 e. The van der Waals surface area contributed by atoms with Crippen LogP contribution in [0.25, 0.3) is 0 Å². The van der Waals surface area contributed by atoms with Crippen LogP contribution >= 0.6 is 0 Å². The van der Waals surface area contributed by atoms with Gasteiger partial charge in [0.05, 0.1) is 0 Å². The van der Waals surface area contributed by atoms with Gasteiger partial charge in [0.25, 0.3) is 6.43 Å². The van der Waals surface area contributed by atoms with Gasteiger partial charge in [0.2, 0.25) is 0 Å². The van der Waals surface area contributed by atoms with Gasteiger partial charge >= 0.3 is 0 Å². The molecule has 1 atom stereocenters. The molecule has 0 spiro atoms.